The van der Waals surface area contributed by atoms with Gasteiger partial charge in [0, 0.05) is 31.4 Å². The Morgan fingerprint density at radius 3 is 2.95 bits per heavy atom. The predicted molar refractivity (Wildman–Crippen MR) is 75.7 cm³/mol. The second-order valence-corrected chi connectivity index (χ2v) is 4.58. The molecule has 1 aliphatic heterocycles. The summed E-state index contributed by atoms with van der Waals surface area (Å²) in [5, 5.41) is 5.80. The Morgan fingerprint density at radius 1 is 1.30 bits per heavy atom. The lowest BCUT2D eigenvalue weighted by molar-refractivity contribution is -0.143. The van der Waals surface area contributed by atoms with Gasteiger partial charge in [-0.05, 0) is 25.1 Å². The highest BCUT2D eigenvalue weighted by atomic mass is 16.5. The molecule has 108 valence electrons. The van der Waals surface area contributed by atoms with Crippen molar-refractivity contribution in [3.05, 3.63) is 24.3 Å². The summed E-state index contributed by atoms with van der Waals surface area (Å²) in [4.78, 5) is 25.6. The molecule has 0 aliphatic carbocycles. The maximum atomic E-state index is 12.1. The zero-order chi connectivity index (χ0) is 14.4. The molecule has 1 aliphatic rings. The molecule has 1 fully saturated rings. The van der Waals surface area contributed by atoms with Crippen molar-refractivity contribution in [2.45, 2.75) is 6.42 Å². The number of hydrogen-bond acceptors (Lipinski definition) is 4. The van der Waals surface area contributed by atoms with Crippen molar-refractivity contribution >= 4 is 17.5 Å². The number of hydrogen-bond donors (Lipinski definition) is 2. The first-order valence-corrected chi connectivity index (χ1v) is 6.66. The molecule has 0 bridgehead atoms. The van der Waals surface area contributed by atoms with E-state index < -0.39 is 11.8 Å². The maximum absolute atomic E-state index is 12.1. The second kappa shape index (κ2) is 6.91. The van der Waals surface area contributed by atoms with Crippen LogP contribution in [0.1, 0.15) is 6.42 Å². The van der Waals surface area contributed by atoms with Crippen LogP contribution in [0.2, 0.25) is 0 Å². The molecule has 2 N–H and O–H groups in total. The summed E-state index contributed by atoms with van der Waals surface area (Å²) in [7, 11) is 1.55. The van der Waals surface area contributed by atoms with Gasteiger partial charge in [-0.3, -0.25) is 9.59 Å². The van der Waals surface area contributed by atoms with E-state index in [0.717, 1.165) is 19.5 Å². The van der Waals surface area contributed by atoms with Gasteiger partial charge in [0.15, 0.2) is 0 Å². The summed E-state index contributed by atoms with van der Waals surface area (Å²) in [6.45, 7) is 2.77. The Balaban J connectivity index is 1.97. The lowest BCUT2D eigenvalue weighted by Gasteiger charge is -2.19. The zero-order valence-electron chi connectivity index (χ0n) is 11.5. The van der Waals surface area contributed by atoms with E-state index in [4.69, 9.17) is 4.74 Å². The highest BCUT2D eigenvalue weighted by molar-refractivity contribution is 6.39. The SMILES string of the molecule is COc1cccc(NC(=O)C(=O)N2CCCNCC2)c1. The largest absolute Gasteiger partial charge is 0.497 e. The van der Waals surface area contributed by atoms with Crippen LogP contribution in [0.15, 0.2) is 24.3 Å². The van der Waals surface area contributed by atoms with E-state index in [-0.39, 0.29) is 0 Å². The standard InChI is InChI=1S/C14H19N3O3/c1-20-12-5-2-4-11(10-12)16-13(18)14(19)17-8-3-6-15-7-9-17/h2,4-5,10,15H,3,6-9H2,1H3,(H,16,18). The monoisotopic (exact) mass is 277 g/mol. The lowest BCUT2D eigenvalue weighted by Crippen LogP contribution is -2.41. The summed E-state index contributed by atoms with van der Waals surface area (Å²) < 4.78 is 5.07. The number of benzene rings is 1. The predicted octanol–water partition coefficient (Wildman–Crippen LogP) is 0.456. The number of methoxy groups -OCH3 is 1. The van der Waals surface area contributed by atoms with Crippen LogP contribution in [0.4, 0.5) is 5.69 Å². The molecule has 1 aromatic carbocycles. The quantitative estimate of drug-likeness (QED) is 0.770. The van der Waals surface area contributed by atoms with Gasteiger partial charge in [-0.15, -0.1) is 0 Å². The van der Waals surface area contributed by atoms with Crippen molar-refractivity contribution in [2.24, 2.45) is 0 Å². The Labute approximate surface area is 118 Å². The number of nitrogens with zero attached hydrogens (tertiary/aromatic N) is 1. The van der Waals surface area contributed by atoms with Crippen LogP contribution >= 0.6 is 0 Å². The van der Waals surface area contributed by atoms with Crippen LogP contribution in [-0.4, -0.2) is 50.0 Å². The number of anilines is 1. The molecule has 0 radical (unpaired) electrons. The van der Waals surface area contributed by atoms with Crippen molar-refractivity contribution in [1.29, 1.82) is 0 Å². The van der Waals surface area contributed by atoms with Crippen LogP contribution < -0.4 is 15.4 Å². The molecule has 6 nitrogen and oxygen atoms in total. The first kappa shape index (κ1) is 14.3. The third-order valence-electron chi connectivity index (χ3n) is 3.15. The summed E-state index contributed by atoms with van der Waals surface area (Å²) in [6.07, 6.45) is 0.859. The van der Waals surface area contributed by atoms with Gasteiger partial charge in [-0.25, -0.2) is 0 Å². The minimum absolute atomic E-state index is 0.489. The molecule has 0 aromatic heterocycles. The number of amides is 2. The van der Waals surface area contributed by atoms with Gasteiger partial charge >= 0.3 is 11.8 Å². The molecule has 1 aromatic rings. The molecule has 0 spiro atoms. The number of rotatable bonds is 2. The van der Waals surface area contributed by atoms with Gasteiger partial charge in [0.2, 0.25) is 0 Å². The minimum Gasteiger partial charge on any atom is -0.497 e. The van der Waals surface area contributed by atoms with E-state index in [2.05, 4.69) is 10.6 Å². The average Bonchev–Trinajstić information content (AvgIpc) is 2.75. The first-order valence-electron chi connectivity index (χ1n) is 6.66. The lowest BCUT2D eigenvalue weighted by atomic mass is 10.3. The van der Waals surface area contributed by atoms with Crippen molar-refractivity contribution in [2.75, 3.05) is 38.6 Å². The Morgan fingerprint density at radius 2 is 2.15 bits per heavy atom. The van der Waals surface area contributed by atoms with E-state index in [1.165, 1.54) is 0 Å². The number of carbonyl (C=O) groups is 2. The normalized spacial score (nSPS) is 15.3. The van der Waals surface area contributed by atoms with Gasteiger partial charge < -0.3 is 20.3 Å². The highest BCUT2D eigenvalue weighted by Gasteiger charge is 2.22. The van der Waals surface area contributed by atoms with Crippen molar-refractivity contribution < 1.29 is 14.3 Å². The highest BCUT2D eigenvalue weighted by Crippen LogP contribution is 2.16. The van der Waals surface area contributed by atoms with Crippen LogP contribution in [-0.2, 0) is 9.59 Å². The molecule has 1 saturated heterocycles. The first-order chi connectivity index (χ1) is 9.70. The summed E-state index contributed by atoms with van der Waals surface area (Å²) in [5.74, 6) is -0.467. The zero-order valence-corrected chi connectivity index (χ0v) is 11.5. The smallest absolute Gasteiger partial charge is 0.313 e. The van der Waals surface area contributed by atoms with Crippen molar-refractivity contribution in [3.63, 3.8) is 0 Å². The summed E-state index contributed by atoms with van der Waals surface area (Å²) in [5.41, 5.74) is 0.552. The van der Waals surface area contributed by atoms with E-state index >= 15 is 0 Å². The fourth-order valence-electron chi connectivity index (χ4n) is 2.08. The molecule has 6 heteroatoms. The van der Waals surface area contributed by atoms with Gasteiger partial charge in [0.25, 0.3) is 0 Å². The molecule has 2 rings (SSSR count). The van der Waals surface area contributed by atoms with Crippen LogP contribution in [0.25, 0.3) is 0 Å². The fraction of sp³-hybridized carbons (Fsp3) is 0.429. The summed E-state index contributed by atoms with van der Waals surface area (Å²) >= 11 is 0. The van der Waals surface area contributed by atoms with E-state index in [1.54, 1.807) is 36.3 Å². The molecular formula is C14H19N3O3. The maximum Gasteiger partial charge on any atom is 0.313 e. The van der Waals surface area contributed by atoms with Gasteiger partial charge in [-0.2, -0.15) is 0 Å². The molecule has 0 saturated carbocycles. The number of ether oxygens (including phenoxy) is 1. The third-order valence-corrected chi connectivity index (χ3v) is 3.15. The van der Waals surface area contributed by atoms with E-state index in [1.807, 2.05) is 0 Å². The Bertz CT molecular complexity index is 482. The Hall–Kier alpha value is -2.08. The van der Waals surface area contributed by atoms with Crippen LogP contribution in [0, 0.1) is 0 Å². The molecule has 0 atom stereocenters. The van der Waals surface area contributed by atoms with Crippen LogP contribution in [0.5, 0.6) is 5.75 Å². The van der Waals surface area contributed by atoms with Crippen molar-refractivity contribution in [1.82, 2.24) is 10.2 Å². The molecule has 2 amide bonds. The number of nitrogens with one attached hydrogen (secondary N) is 2. The van der Waals surface area contributed by atoms with Gasteiger partial charge in [-0.1, -0.05) is 6.07 Å². The van der Waals surface area contributed by atoms with Gasteiger partial charge in [0.1, 0.15) is 5.75 Å². The molecule has 1 heterocycles. The molecule has 0 unspecified atom stereocenters. The Kier molecular flexibility index (Phi) is 4.95. The number of carbonyl (C=O) groups excluding carboxylic acids is 2. The fourth-order valence-corrected chi connectivity index (χ4v) is 2.08. The molecular weight excluding hydrogens is 258 g/mol. The summed E-state index contributed by atoms with van der Waals surface area (Å²) in [6, 6.07) is 6.93. The van der Waals surface area contributed by atoms with Gasteiger partial charge in [0.05, 0.1) is 7.11 Å². The van der Waals surface area contributed by atoms with Crippen LogP contribution in [0.3, 0.4) is 0 Å². The average molecular weight is 277 g/mol. The third kappa shape index (κ3) is 3.71. The second-order valence-electron chi connectivity index (χ2n) is 4.58. The minimum atomic E-state index is -0.611. The molecule has 20 heavy (non-hydrogen) atoms. The topological polar surface area (TPSA) is 70.7 Å². The van der Waals surface area contributed by atoms with E-state index in [0.29, 0.717) is 24.5 Å². The van der Waals surface area contributed by atoms with Crippen molar-refractivity contribution in [3.8, 4) is 5.75 Å². The van der Waals surface area contributed by atoms with E-state index in [9.17, 15) is 9.59 Å².